The Morgan fingerprint density at radius 1 is 1.42 bits per heavy atom. The van der Waals surface area contributed by atoms with Gasteiger partial charge in [-0.25, -0.2) is 0 Å². The van der Waals surface area contributed by atoms with E-state index in [1.807, 2.05) is 0 Å². The van der Waals surface area contributed by atoms with Crippen LogP contribution in [0.5, 0.6) is 0 Å². The lowest BCUT2D eigenvalue weighted by Crippen LogP contribution is -2.60. The minimum Gasteiger partial charge on any atom is -0.388 e. The highest BCUT2D eigenvalue weighted by Gasteiger charge is 2.46. The van der Waals surface area contributed by atoms with Gasteiger partial charge in [0, 0.05) is 6.42 Å². The molecule has 0 unspecified atom stereocenters. The molecular formula is C7H14O5. The van der Waals surface area contributed by atoms with Crippen molar-refractivity contribution in [2.24, 2.45) is 0 Å². The molecule has 72 valence electrons. The van der Waals surface area contributed by atoms with Gasteiger partial charge in [-0.2, -0.15) is 0 Å². The van der Waals surface area contributed by atoms with E-state index in [4.69, 9.17) is 9.84 Å². The molecule has 0 aromatic carbocycles. The summed E-state index contributed by atoms with van der Waals surface area (Å²) in [5.74, 6) is -1.72. The maximum atomic E-state index is 9.49. The highest BCUT2D eigenvalue weighted by Crippen LogP contribution is 2.26. The highest BCUT2D eigenvalue weighted by atomic mass is 16.6. The zero-order valence-electron chi connectivity index (χ0n) is 6.84. The first kappa shape index (κ1) is 9.88. The van der Waals surface area contributed by atoms with Crippen LogP contribution >= 0.6 is 0 Å². The van der Waals surface area contributed by atoms with E-state index in [0.29, 0.717) is 0 Å². The quantitative estimate of drug-likeness (QED) is 0.380. The molecule has 1 aliphatic rings. The number of rotatable bonds is 1. The first-order chi connectivity index (χ1) is 5.51. The van der Waals surface area contributed by atoms with Gasteiger partial charge in [-0.3, -0.25) is 0 Å². The van der Waals surface area contributed by atoms with Gasteiger partial charge in [0.1, 0.15) is 18.3 Å². The molecule has 12 heavy (non-hydrogen) atoms. The number of hydrogen-bond acceptors (Lipinski definition) is 5. The minimum absolute atomic E-state index is 0.164. The Kier molecular flexibility index (Phi) is 2.70. The van der Waals surface area contributed by atoms with Crippen LogP contribution in [0.2, 0.25) is 0 Å². The van der Waals surface area contributed by atoms with E-state index in [1.165, 1.54) is 0 Å². The molecule has 0 amide bonds. The lowest BCUT2D eigenvalue weighted by molar-refractivity contribution is -0.321. The van der Waals surface area contributed by atoms with Gasteiger partial charge in [0.15, 0.2) is 5.79 Å². The molecule has 1 saturated heterocycles. The molecule has 0 aromatic rings. The molecule has 0 spiro atoms. The SMILES string of the molecule is CC[C@@]1(O)OC[C@@H](O)[C@H](O)[C@H]1O. The average molecular weight is 178 g/mol. The van der Waals surface area contributed by atoms with Crippen LogP contribution < -0.4 is 0 Å². The van der Waals surface area contributed by atoms with E-state index in [1.54, 1.807) is 6.92 Å². The molecule has 1 rings (SSSR count). The molecule has 0 aliphatic carbocycles. The van der Waals surface area contributed by atoms with Crippen LogP contribution in [-0.2, 0) is 4.74 Å². The third-order valence-electron chi connectivity index (χ3n) is 2.19. The van der Waals surface area contributed by atoms with Crippen molar-refractivity contribution in [1.29, 1.82) is 0 Å². The second kappa shape index (κ2) is 3.27. The minimum atomic E-state index is -1.72. The van der Waals surface area contributed by atoms with E-state index in [2.05, 4.69) is 0 Å². The Morgan fingerprint density at radius 2 is 2.00 bits per heavy atom. The molecule has 5 heteroatoms. The van der Waals surface area contributed by atoms with Gasteiger partial charge in [-0.1, -0.05) is 6.92 Å². The third kappa shape index (κ3) is 1.46. The normalized spacial score (nSPS) is 49.2. The van der Waals surface area contributed by atoms with Crippen LogP contribution in [0.3, 0.4) is 0 Å². The van der Waals surface area contributed by atoms with Crippen molar-refractivity contribution in [1.82, 2.24) is 0 Å². The first-order valence-corrected chi connectivity index (χ1v) is 3.92. The van der Waals surface area contributed by atoms with Crippen molar-refractivity contribution < 1.29 is 25.2 Å². The summed E-state index contributed by atoms with van der Waals surface area (Å²) >= 11 is 0. The predicted octanol–water partition coefficient (Wildman–Crippen LogP) is -1.80. The van der Waals surface area contributed by atoms with Crippen LogP contribution in [0.1, 0.15) is 13.3 Å². The second-order valence-electron chi connectivity index (χ2n) is 3.01. The van der Waals surface area contributed by atoms with Gasteiger partial charge in [-0.05, 0) is 0 Å². The molecule has 4 atom stereocenters. The molecule has 1 heterocycles. The molecule has 0 bridgehead atoms. The fourth-order valence-electron chi connectivity index (χ4n) is 1.20. The lowest BCUT2D eigenvalue weighted by atomic mass is 9.95. The molecule has 0 radical (unpaired) electrons. The summed E-state index contributed by atoms with van der Waals surface area (Å²) in [4.78, 5) is 0. The van der Waals surface area contributed by atoms with Gasteiger partial charge >= 0.3 is 0 Å². The molecule has 0 saturated carbocycles. The van der Waals surface area contributed by atoms with Crippen molar-refractivity contribution >= 4 is 0 Å². The Hall–Kier alpha value is -0.200. The third-order valence-corrected chi connectivity index (χ3v) is 2.19. The van der Waals surface area contributed by atoms with Crippen molar-refractivity contribution in [3.05, 3.63) is 0 Å². The van der Waals surface area contributed by atoms with Crippen molar-refractivity contribution in [2.75, 3.05) is 6.61 Å². The summed E-state index contributed by atoms with van der Waals surface area (Å²) in [5.41, 5.74) is 0. The Morgan fingerprint density at radius 3 is 2.50 bits per heavy atom. The van der Waals surface area contributed by atoms with E-state index in [0.717, 1.165) is 0 Å². The van der Waals surface area contributed by atoms with Crippen molar-refractivity contribution in [3.8, 4) is 0 Å². The molecule has 1 fully saturated rings. The Labute approximate surface area is 70.2 Å². The lowest BCUT2D eigenvalue weighted by Gasteiger charge is -2.41. The maximum absolute atomic E-state index is 9.49. The van der Waals surface area contributed by atoms with Gasteiger partial charge < -0.3 is 25.2 Å². The topological polar surface area (TPSA) is 90.2 Å². The molecule has 1 aliphatic heterocycles. The molecule has 5 nitrogen and oxygen atoms in total. The van der Waals surface area contributed by atoms with E-state index in [-0.39, 0.29) is 13.0 Å². The predicted molar refractivity (Wildman–Crippen MR) is 39.2 cm³/mol. The second-order valence-corrected chi connectivity index (χ2v) is 3.01. The van der Waals surface area contributed by atoms with Crippen molar-refractivity contribution in [2.45, 2.75) is 37.4 Å². The number of ether oxygens (including phenoxy) is 1. The summed E-state index contributed by atoms with van der Waals surface area (Å²) in [6.45, 7) is 1.45. The van der Waals surface area contributed by atoms with Crippen LogP contribution in [0.4, 0.5) is 0 Å². The highest BCUT2D eigenvalue weighted by molar-refractivity contribution is 4.90. The summed E-state index contributed by atoms with van der Waals surface area (Å²) < 4.78 is 4.81. The number of aliphatic hydroxyl groups is 4. The first-order valence-electron chi connectivity index (χ1n) is 3.92. The van der Waals surface area contributed by atoms with E-state index in [9.17, 15) is 15.3 Å². The van der Waals surface area contributed by atoms with E-state index >= 15 is 0 Å². The fourth-order valence-corrected chi connectivity index (χ4v) is 1.20. The average Bonchev–Trinajstić information content (AvgIpc) is 2.09. The van der Waals surface area contributed by atoms with Crippen LogP contribution in [-0.4, -0.2) is 51.1 Å². The standard InChI is InChI=1S/C7H14O5/c1-2-7(11)6(10)5(9)4(8)3-12-7/h4-6,8-11H,2-3H2,1H3/t4-,5+,6-,7-/m1/s1. The van der Waals surface area contributed by atoms with Crippen LogP contribution in [0, 0.1) is 0 Å². The largest absolute Gasteiger partial charge is 0.388 e. The Bertz CT molecular complexity index is 162. The summed E-state index contributed by atoms with van der Waals surface area (Å²) in [5, 5.41) is 37.0. The van der Waals surface area contributed by atoms with Crippen LogP contribution in [0.15, 0.2) is 0 Å². The summed E-state index contributed by atoms with van der Waals surface area (Å²) in [7, 11) is 0. The van der Waals surface area contributed by atoms with Gasteiger partial charge in [0.25, 0.3) is 0 Å². The zero-order chi connectivity index (χ0) is 9.35. The maximum Gasteiger partial charge on any atom is 0.194 e. The van der Waals surface area contributed by atoms with Gasteiger partial charge in [-0.15, -0.1) is 0 Å². The molecule has 0 aromatic heterocycles. The van der Waals surface area contributed by atoms with Gasteiger partial charge in [0.05, 0.1) is 6.61 Å². The van der Waals surface area contributed by atoms with Gasteiger partial charge in [0.2, 0.25) is 0 Å². The number of aliphatic hydroxyl groups excluding tert-OH is 3. The number of hydrogen-bond donors (Lipinski definition) is 4. The fraction of sp³-hybridized carbons (Fsp3) is 1.00. The zero-order valence-corrected chi connectivity index (χ0v) is 6.84. The smallest absolute Gasteiger partial charge is 0.194 e. The van der Waals surface area contributed by atoms with Crippen LogP contribution in [0.25, 0.3) is 0 Å². The Balaban J connectivity index is 2.71. The van der Waals surface area contributed by atoms with Crippen molar-refractivity contribution in [3.63, 3.8) is 0 Å². The summed E-state index contributed by atoms with van der Waals surface area (Å²) in [6, 6.07) is 0. The summed E-state index contributed by atoms with van der Waals surface area (Å²) in [6.07, 6.45) is -3.76. The monoisotopic (exact) mass is 178 g/mol. The molecule has 4 N–H and O–H groups in total. The van der Waals surface area contributed by atoms with E-state index < -0.39 is 24.1 Å². The molecular weight excluding hydrogens is 164 g/mol.